The molecule has 7 aromatic rings. The summed E-state index contributed by atoms with van der Waals surface area (Å²) in [5.41, 5.74) is 4.44. The maximum Gasteiger partial charge on any atom is 0.193 e. The molecule has 0 fully saturated rings. The molecular formula is C29H19BrN6O3. The normalized spacial score (nSPS) is 12.3. The summed E-state index contributed by atoms with van der Waals surface area (Å²) >= 11 is 3.56. The Balaban J connectivity index is 1.47. The van der Waals surface area contributed by atoms with Crippen LogP contribution < -0.4 is 15.5 Å². The third-order valence-electron chi connectivity index (χ3n) is 6.87. The van der Waals surface area contributed by atoms with Crippen molar-refractivity contribution in [2.75, 3.05) is 0 Å². The van der Waals surface area contributed by atoms with Gasteiger partial charge in [-0.25, -0.2) is 4.68 Å². The summed E-state index contributed by atoms with van der Waals surface area (Å²) in [6.45, 7) is 0.0875. The Labute approximate surface area is 228 Å². The number of para-hydroxylation sites is 1. The zero-order valence-electron chi connectivity index (χ0n) is 20.3. The minimum Gasteiger partial charge on any atom is -0.471 e. The van der Waals surface area contributed by atoms with E-state index in [2.05, 4.69) is 36.4 Å². The SMILES string of the molecule is O=c1c(Cc2cccnc2)cn2c3cc(Br)ccc3c(=NO)c3cc(OCn4nnc5ccccc54)cc1c32. The molecule has 0 atom stereocenters. The van der Waals surface area contributed by atoms with Crippen LogP contribution in [-0.2, 0) is 13.2 Å². The highest BCUT2D eigenvalue weighted by Crippen LogP contribution is 2.29. The van der Waals surface area contributed by atoms with Gasteiger partial charge in [0.2, 0.25) is 0 Å². The van der Waals surface area contributed by atoms with Gasteiger partial charge in [-0.1, -0.05) is 44.5 Å². The fourth-order valence-corrected chi connectivity index (χ4v) is 5.45. The Kier molecular flexibility index (Phi) is 5.48. The van der Waals surface area contributed by atoms with Gasteiger partial charge in [0.1, 0.15) is 16.6 Å². The number of hydrogen-bond acceptors (Lipinski definition) is 7. The largest absolute Gasteiger partial charge is 0.471 e. The van der Waals surface area contributed by atoms with Crippen molar-refractivity contribution in [2.24, 2.45) is 5.16 Å². The van der Waals surface area contributed by atoms with E-state index in [0.717, 1.165) is 32.0 Å². The Hall–Kier alpha value is -4.83. The van der Waals surface area contributed by atoms with Crippen LogP contribution in [0.5, 0.6) is 5.75 Å². The van der Waals surface area contributed by atoms with Gasteiger partial charge < -0.3 is 14.3 Å². The number of hydrogen-bond donors (Lipinski definition) is 1. The summed E-state index contributed by atoms with van der Waals surface area (Å²) in [5.74, 6) is 0.445. The second-order valence-electron chi connectivity index (χ2n) is 9.22. The number of ether oxygens (including phenoxy) is 1. The van der Waals surface area contributed by atoms with Crippen LogP contribution in [0.25, 0.3) is 38.2 Å². The predicted molar refractivity (Wildman–Crippen MR) is 150 cm³/mol. The lowest BCUT2D eigenvalue weighted by atomic mass is 10.0. The highest BCUT2D eigenvalue weighted by Gasteiger charge is 2.18. The standard InChI is InChI=1S/C29H19BrN6O3/c30-19-7-8-21-26(11-19)35-15-18(10-17-4-3-9-31-14-17)29(37)23-13-20(12-22(28(23)35)27(21)33-38)39-16-36-25-6-2-1-5-24(25)32-34-36/h1-9,11-15,38H,10,16H2. The minimum absolute atomic E-state index is 0.0875. The monoisotopic (exact) mass is 578 g/mol. The Morgan fingerprint density at radius 1 is 0.974 bits per heavy atom. The van der Waals surface area contributed by atoms with Crippen LogP contribution in [0.3, 0.4) is 0 Å². The zero-order valence-corrected chi connectivity index (χ0v) is 21.9. The Morgan fingerprint density at radius 2 is 1.85 bits per heavy atom. The quantitative estimate of drug-likeness (QED) is 0.135. The molecule has 0 spiro atoms. The van der Waals surface area contributed by atoms with E-state index >= 15 is 0 Å². The summed E-state index contributed by atoms with van der Waals surface area (Å²) in [6, 6.07) is 20.7. The van der Waals surface area contributed by atoms with E-state index in [-0.39, 0.29) is 12.2 Å². The second-order valence-corrected chi connectivity index (χ2v) is 10.1. The smallest absolute Gasteiger partial charge is 0.193 e. The van der Waals surface area contributed by atoms with Gasteiger partial charge in [-0.15, -0.1) is 5.10 Å². The fraction of sp³-hybridized carbons (Fsp3) is 0.0690. The van der Waals surface area contributed by atoms with Crippen LogP contribution in [0, 0.1) is 0 Å². The van der Waals surface area contributed by atoms with Crippen LogP contribution in [0.1, 0.15) is 11.1 Å². The zero-order chi connectivity index (χ0) is 26.5. The highest BCUT2D eigenvalue weighted by molar-refractivity contribution is 9.10. The number of nitrogens with zero attached hydrogens (tertiary/aromatic N) is 6. The van der Waals surface area contributed by atoms with Gasteiger partial charge in [0, 0.05) is 45.8 Å². The van der Waals surface area contributed by atoms with Crippen LogP contribution in [0.15, 0.2) is 99.7 Å². The number of halogens is 1. The number of aromatic nitrogens is 5. The second kappa shape index (κ2) is 9.17. The van der Waals surface area contributed by atoms with E-state index in [4.69, 9.17) is 4.74 Å². The fourth-order valence-electron chi connectivity index (χ4n) is 5.10. The summed E-state index contributed by atoms with van der Waals surface area (Å²) in [7, 11) is 0. The molecule has 0 unspecified atom stereocenters. The molecule has 4 heterocycles. The lowest BCUT2D eigenvalue weighted by Crippen LogP contribution is -2.18. The van der Waals surface area contributed by atoms with Crippen molar-refractivity contribution in [3.63, 3.8) is 0 Å². The average Bonchev–Trinajstić information content (AvgIpc) is 3.38. The minimum atomic E-state index is -0.126. The number of rotatable bonds is 5. The molecule has 39 heavy (non-hydrogen) atoms. The maximum atomic E-state index is 13.9. The van der Waals surface area contributed by atoms with Crippen molar-refractivity contribution in [2.45, 2.75) is 13.2 Å². The molecule has 1 N–H and O–H groups in total. The number of benzene rings is 3. The first-order valence-electron chi connectivity index (χ1n) is 12.2. The number of fused-ring (bicyclic) bond motifs is 3. The molecule has 9 nitrogen and oxygen atoms in total. The van der Waals surface area contributed by atoms with Crippen LogP contribution in [0.2, 0.25) is 0 Å². The van der Waals surface area contributed by atoms with Gasteiger partial charge in [0.15, 0.2) is 12.2 Å². The van der Waals surface area contributed by atoms with Gasteiger partial charge in [0.25, 0.3) is 0 Å². The van der Waals surface area contributed by atoms with E-state index < -0.39 is 0 Å². The summed E-state index contributed by atoms with van der Waals surface area (Å²) in [5, 5.41) is 24.3. The van der Waals surface area contributed by atoms with Crippen molar-refractivity contribution in [1.82, 2.24) is 24.4 Å². The van der Waals surface area contributed by atoms with Crippen LogP contribution in [-0.4, -0.2) is 29.6 Å². The molecule has 190 valence electrons. The lowest BCUT2D eigenvalue weighted by Gasteiger charge is -2.16. The van der Waals surface area contributed by atoms with Gasteiger partial charge in [0.05, 0.1) is 21.9 Å². The van der Waals surface area contributed by atoms with Crippen molar-refractivity contribution in [1.29, 1.82) is 0 Å². The molecular weight excluding hydrogens is 560 g/mol. The van der Waals surface area contributed by atoms with Gasteiger partial charge >= 0.3 is 0 Å². The first kappa shape index (κ1) is 23.3. The molecule has 10 heteroatoms. The topological polar surface area (TPSA) is 107 Å². The molecule has 7 rings (SSSR count). The molecule has 4 aromatic heterocycles. The summed E-state index contributed by atoms with van der Waals surface area (Å²) in [6.07, 6.45) is 5.74. The first-order valence-corrected chi connectivity index (χ1v) is 12.9. The molecule has 0 aliphatic heterocycles. The lowest BCUT2D eigenvalue weighted by molar-refractivity contribution is 0.224. The van der Waals surface area contributed by atoms with Crippen molar-refractivity contribution in [3.05, 3.63) is 117 Å². The van der Waals surface area contributed by atoms with E-state index in [1.165, 1.54) is 0 Å². The number of pyridine rings is 3. The van der Waals surface area contributed by atoms with Crippen molar-refractivity contribution >= 4 is 54.2 Å². The Bertz CT molecular complexity index is 2160. The van der Waals surface area contributed by atoms with E-state index in [9.17, 15) is 10.0 Å². The first-order chi connectivity index (χ1) is 19.1. The van der Waals surface area contributed by atoms with Crippen LogP contribution in [0.4, 0.5) is 0 Å². The van der Waals surface area contributed by atoms with E-state index in [1.807, 2.05) is 65.2 Å². The predicted octanol–water partition coefficient (Wildman–Crippen LogP) is 4.86. The summed E-state index contributed by atoms with van der Waals surface area (Å²) in [4.78, 5) is 18.1. The van der Waals surface area contributed by atoms with Crippen molar-refractivity contribution < 1.29 is 9.94 Å². The van der Waals surface area contributed by atoms with Crippen LogP contribution >= 0.6 is 15.9 Å². The molecule has 0 amide bonds. The molecule has 0 bridgehead atoms. The maximum absolute atomic E-state index is 13.9. The van der Waals surface area contributed by atoms with Crippen molar-refractivity contribution in [3.8, 4) is 5.75 Å². The molecule has 3 aromatic carbocycles. The van der Waals surface area contributed by atoms with Gasteiger partial charge in [-0.05, 0) is 54.1 Å². The molecule has 0 radical (unpaired) electrons. The highest BCUT2D eigenvalue weighted by atomic mass is 79.9. The molecule has 0 aliphatic carbocycles. The summed E-state index contributed by atoms with van der Waals surface area (Å²) < 4.78 is 10.6. The van der Waals surface area contributed by atoms with Gasteiger partial charge in [-0.2, -0.15) is 0 Å². The van der Waals surface area contributed by atoms with Gasteiger partial charge in [-0.3, -0.25) is 9.78 Å². The average molecular weight is 579 g/mol. The molecule has 0 saturated carbocycles. The van der Waals surface area contributed by atoms with E-state index in [0.29, 0.717) is 39.4 Å². The molecule has 0 aliphatic rings. The Morgan fingerprint density at radius 3 is 2.69 bits per heavy atom. The third-order valence-corrected chi connectivity index (χ3v) is 7.36. The molecule has 0 saturated heterocycles. The third kappa shape index (κ3) is 3.88. The van der Waals surface area contributed by atoms with E-state index in [1.54, 1.807) is 29.2 Å².